The second-order valence-electron chi connectivity index (χ2n) is 5.27. The Bertz CT molecular complexity index is 523. The molecule has 2 atom stereocenters. The number of nitrogens with zero attached hydrogens (tertiary/aromatic N) is 2. The van der Waals surface area contributed by atoms with Crippen LogP contribution < -0.4 is 5.73 Å². The molecule has 2 N–H and O–H groups in total. The highest BCUT2D eigenvalue weighted by Crippen LogP contribution is 2.30. The normalized spacial score (nSPS) is 23.4. The third kappa shape index (κ3) is 2.84. The van der Waals surface area contributed by atoms with Gasteiger partial charge in [0.2, 0.25) is 5.89 Å². The number of rotatable bonds is 3. The molecule has 0 radical (unpaired) electrons. The van der Waals surface area contributed by atoms with E-state index in [1.165, 1.54) is 18.4 Å². The molecular formula is C15H19N3O. The summed E-state index contributed by atoms with van der Waals surface area (Å²) in [5, 5.41) is 4.08. The van der Waals surface area contributed by atoms with E-state index in [1.54, 1.807) is 0 Å². The van der Waals surface area contributed by atoms with Crippen molar-refractivity contribution in [1.29, 1.82) is 0 Å². The first-order chi connectivity index (χ1) is 9.33. The molecule has 1 aromatic heterocycles. The topological polar surface area (TPSA) is 64.9 Å². The van der Waals surface area contributed by atoms with Crippen LogP contribution in [0.15, 0.2) is 34.9 Å². The lowest BCUT2D eigenvalue weighted by atomic mass is 9.85. The second-order valence-corrected chi connectivity index (χ2v) is 5.27. The summed E-state index contributed by atoms with van der Waals surface area (Å²) < 4.78 is 5.41. The lowest BCUT2D eigenvalue weighted by molar-refractivity contribution is 0.289. The Kier molecular flexibility index (Phi) is 3.60. The molecule has 19 heavy (non-hydrogen) atoms. The van der Waals surface area contributed by atoms with Crippen LogP contribution in [0.2, 0.25) is 0 Å². The van der Waals surface area contributed by atoms with Gasteiger partial charge in [-0.1, -0.05) is 48.3 Å². The number of hydrogen-bond acceptors (Lipinski definition) is 4. The Labute approximate surface area is 113 Å². The standard InChI is InChI=1S/C15H19N3O/c16-13-9-5-4-8-12(13)15-17-14(18-19-15)10-11-6-2-1-3-7-11/h1-3,6-7,12-13H,4-5,8-10,16H2. The van der Waals surface area contributed by atoms with E-state index in [0.717, 1.165) is 24.6 Å². The average molecular weight is 257 g/mol. The molecule has 0 amide bonds. The van der Waals surface area contributed by atoms with Crippen molar-refractivity contribution >= 4 is 0 Å². The maximum absolute atomic E-state index is 6.15. The maximum atomic E-state index is 6.15. The van der Waals surface area contributed by atoms with E-state index in [1.807, 2.05) is 18.2 Å². The highest BCUT2D eigenvalue weighted by molar-refractivity contribution is 5.18. The van der Waals surface area contributed by atoms with Gasteiger partial charge in [-0.25, -0.2) is 0 Å². The van der Waals surface area contributed by atoms with Gasteiger partial charge in [-0.15, -0.1) is 0 Å². The molecule has 4 heteroatoms. The van der Waals surface area contributed by atoms with Crippen molar-refractivity contribution < 1.29 is 4.52 Å². The molecule has 1 heterocycles. The first-order valence-electron chi connectivity index (χ1n) is 6.95. The molecular weight excluding hydrogens is 238 g/mol. The van der Waals surface area contributed by atoms with Gasteiger partial charge in [0.05, 0.1) is 5.92 Å². The van der Waals surface area contributed by atoms with Crippen molar-refractivity contribution in [3.63, 3.8) is 0 Å². The van der Waals surface area contributed by atoms with Crippen LogP contribution in [0, 0.1) is 0 Å². The first-order valence-corrected chi connectivity index (χ1v) is 6.95. The number of aromatic nitrogens is 2. The molecule has 2 unspecified atom stereocenters. The van der Waals surface area contributed by atoms with E-state index >= 15 is 0 Å². The largest absolute Gasteiger partial charge is 0.339 e. The van der Waals surface area contributed by atoms with Gasteiger partial charge in [0.25, 0.3) is 0 Å². The molecule has 1 aromatic carbocycles. The van der Waals surface area contributed by atoms with E-state index in [2.05, 4.69) is 22.3 Å². The minimum atomic E-state index is 0.166. The summed E-state index contributed by atoms with van der Waals surface area (Å²) in [6, 6.07) is 10.4. The van der Waals surface area contributed by atoms with Gasteiger partial charge in [0.15, 0.2) is 5.82 Å². The van der Waals surface area contributed by atoms with Crippen LogP contribution in [-0.4, -0.2) is 16.2 Å². The van der Waals surface area contributed by atoms with Crippen molar-refractivity contribution in [3.05, 3.63) is 47.6 Å². The minimum absolute atomic E-state index is 0.166. The van der Waals surface area contributed by atoms with Crippen LogP contribution in [0.25, 0.3) is 0 Å². The molecule has 0 saturated heterocycles. The van der Waals surface area contributed by atoms with Gasteiger partial charge < -0.3 is 10.3 Å². The van der Waals surface area contributed by atoms with Gasteiger partial charge in [-0.2, -0.15) is 4.98 Å². The zero-order valence-corrected chi connectivity index (χ0v) is 11.0. The van der Waals surface area contributed by atoms with E-state index in [-0.39, 0.29) is 12.0 Å². The predicted molar refractivity (Wildman–Crippen MR) is 72.7 cm³/mol. The quantitative estimate of drug-likeness (QED) is 0.918. The van der Waals surface area contributed by atoms with E-state index in [0.29, 0.717) is 6.42 Å². The second kappa shape index (κ2) is 5.53. The fourth-order valence-electron chi connectivity index (χ4n) is 2.73. The molecule has 3 rings (SSSR count). The van der Waals surface area contributed by atoms with Crippen LogP contribution in [0.4, 0.5) is 0 Å². The summed E-state index contributed by atoms with van der Waals surface area (Å²) in [6.07, 6.45) is 5.25. The fourth-order valence-corrected chi connectivity index (χ4v) is 2.73. The molecule has 1 saturated carbocycles. The van der Waals surface area contributed by atoms with Crippen LogP contribution in [-0.2, 0) is 6.42 Å². The molecule has 0 spiro atoms. The van der Waals surface area contributed by atoms with E-state index < -0.39 is 0 Å². The molecule has 4 nitrogen and oxygen atoms in total. The Morgan fingerprint density at radius 3 is 2.74 bits per heavy atom. The van der Waals surface area contributed by atoms with Gasteiger partial charge in [-0.3, -0.25) is 0 Å². The van der Waals surface area contributed by atoms with Crippen molar-refractivity contribution in [2.24, 2.45) is 5.73 Å². The Morgan fingerprint density at radius 1 is 1.16 bits per heavy atom. The summed E-state index contributed by atoms with van der Waals surface area (Å²) in [5.41, 5.74) is 7.34. The lowest BCUT2D eigenvalue weighted by Gasteiger charge is -2.25. The van der Waals surface area contributed by atoms with Crippen molar-refractivity contribution in [3.8, 4) is 0 Å². The van der Waals surface area contributed by atoms with Crippen molar-refractivity contribution in [2.75, 3.05) is 0 Å². The minimum Gasteiger partial charge on any atom is -0.339 e. The molecule has 1 fully saturated rings. The Morgan fingerprint density at radius 2 is 1.95 bits per heavy atom. The van der Waals surface area contributed by atoms with Crippen LogP contribution in [0.3, 0.4) is 0 Å². The van der Waals surface area contributed by atoms with Gasteiger partial charge in [-0.05, 0) is 18.4 Å². The third-order valence-corrected chi connectivity index (χ3v) is 3.83. The number of benzene rings is 1. The smallest absolute Gasteiger partial charge is 0.231 e. The van der Waals surface area contributed by atoms with Gasteiger partial charge in [0.1, 0.15) is 0 Å². The highest BCUT2D eigenvalue weighted by Gasteiger charge is 2.28. The summed E-state index contributed by atoms with van der Waals surface area (Å²) in [4.78, 5) is 4.52. The third-order valence-electron chi connectivity index (χ3n) is 3.83. The lowest BCUT2D eigenvalue weighted by Crippen LogP contribution is -2.31. The Hall–Kier alpha value is -1.68. The predicted octanol–water partition coefficient (Wildman–Crippen LogP) is 2.65. The van der Waals surface area contributed by atoms with E-state index in [4.69, 9.17) is 10.3 Å². The summed E-state index contributed by atoms with van der Waals surface area (Å²) in [6.45, 7) is 0. The van der Waals surface area contributed by atoms with Crippen LogP contribution in [0.1, 0.15) is 48.9 Å². The molecule has 2 aromatic rings. The zero-order valence-electron chi connectivity index (χ0n) is 11.0. The zero-order chi connectivity index (χ0) is 13.1. The number of hydrogen-bond donors (Lipinski definition) is 1. The van der Waals surface area contributed by atoms with Gasteiger partial charge >= 0.3 is 0 Å². The summed E-state index contributed by atoms with van der Waals surface area (Å²) in [7, 11) is 0. The van der Waals surface area contributed by atoms with Crippen molar-refractivity contribution in [1.82, 2.24) is 10.1 Å². The van der Waals surface area contributed by atoms with Crippen molar-refractivity contribution in [2.45, 2.75) is 44.1 Å². The van der Waals surface area contributed by atoms with Gasteiger partial charge in [0, 0.05) is 12.5 Å². The average Bonchev–Trinajstić information content (AvgIpc) is 2.89. The van der Waals surface area contributed by atoms with Crippen LogP contribution in [0.5, 0.6) is 0 Å². The maximum Gasteiger partial charge on any atom is 0.231 e. The molecule has 1 aliphatic rings. The summed E-state index contributed by atoms with van der Waals surface area (Å²) in [5.74, 6) is 1.71. The van der Waals surface area contributed by atoms with E-state index in [9.17, 15) is 0 Å². The molecule has 1 aliphatic carbocycles. The molecule has 0 bridgehead atoms. The molecule has 0 aliphatic heterocycles. The summed E-state index contributed by atoms with van der Waals surface area (Å²) >= 11 is 0. The Balaban J connectivity index is 1.72. The number of nitrogens with two attached hydrogens (primary N) is 1. The molecule has 100 valence electrons. The monoisotopic (exact) mass is 257 g/mol. The van der Waals surface area contributed by atoms with Crippen LogP contribution >= 0.6 is 0 Å². The fraction of sp³-hybridized carbons (Fsp3) is 0.467. The SMILES string of the molecule is NC1CCCCC1c1nc(Cc2ccccc2)no1. The highest BCUT2D eigenvalue weighted by atomic mass is 16.5. The first kappa shape index (κ1) is 12.4.